The van der Waals surface area contributed by atoms with Crippen molar-refractivity contribution < 1.29 is 5.48 Å². The predicted molar refractivity (Wildman–Crippen MR) is 76.0 cm³/mol. The summed E-state index contributed by atoms with van der Waals surface area (Å²) in [4.78, 5) is 0. The van der Waals surface area contributed by atoms with E-state index in [1.54, 1.807) is 0 Å². The van der Waals surface area contributed by atoms with Gasteiger partial charge in [-0.3, -0.25) is 0 Å². The predicted octanol–water partition coefficient (Wildman–Crippen LogP) is 4.81. The van der Waals surface area contributed by atoms with Crippen LogP contribution >= 0.6 is 0 Å². The molecule has 1 fully saturated rings. The molecule has 1 aliphatic carbocycles. The van der Waals surface area contributed by atoms with Crippen LogP contribution in [0, 0.1) is 11.8 Å². The van der Waals surface area contributed by atoms with E-state index in [-0.39, 0.29) is 0 Å². The Hall–Kier alpha value is -1.69. The Balaban J connectivity index is 1.97. The van der Waals surface area contributed by atoms with Crippen LogP contribution in [0.25, 0.3) is 0 Å². The Labute approximate surface area is 115 Å². The third-order valence-corrected chi connectivity index (χ3v) is 3.23. The summed E-state index contributed by atoms with van der Waals surface area (Å²) in [5.74, 6) is 1.11. The van der Waals surface area contributed by atoms with Gasteiger partial charge in [-0.25, -0.2) is 0 Å². The average molecular weight is 238 g/mol. The standard InChI is InChI=1S/C18H18/c1-3-7-15(8-4-1)17-11-13-18(14-12-17)16-9-5-2-6-10-16/h1-10H,11-14H2/q+1/i11D2,13D2. The fraction of sp³-hybridized carbons (Fsp3) is 0.222. The molecule has 0 unspecified atom stereocenters. The minimum absolute atomic E-state index is 0.542. The van der Waals surface area contributed by atoms with Crippen LogP contribution in [0.3, 0.4) is 0 Å². The molecule has 0 aromatic heterocycles. The quantitative estimate of drug-likeness (QED) is 0.659. The smallest absolute Gasteiger partial charge is 0.0622 e. The first-order chi connectivity index (χ1) is 10.4. The molecule has 89 valence electrons. The minimum atomic E-state index is -2.02. The minimum Gasteiger partial charge on any atom is -0.0622 e. The maximum absolute atomic E-state index is 8.44. The van der Waals surface area contributed by atoms with E-state index in [4.69, 9.17) is 5.48 Å². The van der Waals surface area contributed by atoms with Crippen molar-refractivity contribution in [3.05, 3.63) is 83.6 Å². The summed E-state index contributed by atoms with van der Waals surface area (Å²) >= 11 is 0. The maximum atomic E-state index is 8.44. The molecule has 1 aliphatic rings. The lowest BCUT2D eigenvalue weighted by Gasteiger charge is -2.24. The molecule has 0 saturated heterocycles. The van der Waals surface area contributed by atoms with Gasteiger partial charge in [-0.05, 0) is 36.6 Å². The molecule has 0 aliphatic heterocycles. The lowest BCUT2D eigenvalue weighted by molar-refractivity contribution is 0.603. The van der Waals surface area contributed by atoms with Gasteiger partial charge in [0.15, 0.2) is 0 Å². The van der Waals surface area contributed by atoms with Gasteiger partial charge in [-0.15, -0.1) is 0 Å². The van der Waals surface area contributed by atoms with E-state index in [1.165, 1.54) is 0 Å². The Kier molecular flexibility index (Phi) is 2.26. The van der Waals surface area contributed by atoms with E-state index >= 15 is 0 Å². The van der Waals surface area contributed by atoms with Crippen LogP contribution in [0.4, 0.5) is 0 Å². The Morgan fingerprint density at radius 2 is 1.56 bits per heavy atom. The summed E-state index contributed by atoms with van der Waals surface area (Å²) in [5, 5.41) is 0. The Bertz CT molecular complexity index is 565. The third-order valence-electron chi connectivity index (χ3n) is 3.23. The van der Waals surface area contributed by atoms with Gasteiger partial charge < -0.3 is 0 Å². The number of rotatable bonds is 2. The van der Waals surface area contributed by atoms with Crippen molar-refractivity contribution in [1.29, 1.82) is 0 Å². The zero-order valence-corrected chi connectivity index (χ0v) is 10.2. The molecular formula is C18H18+. The first-order valence-corrected chi connectivity index (χ1v) is 6.28. The van der Waals surface area contributed by atoms with Crippen molar-refractivity contribution in [2.75, 3.05) is 0 Å². The zero-order chi connectivity index (χ0) is 15.8. The van der Waals surface area contributed by atoms with Crippen molar-refractivity contribution >= 4 is 0 Å². The molecule has 0 heteroatoms. The van der Waals surface area contributed by atoms with Gasteiger partial charge in [0.05, 0.1) is 0 Å². The highest BCUT2D eigenvalue weighted by Gasteiger charge is 2.27. The summed E-state index contributed by atoms with van der Waals surface area (Å²) in [6.45, 7) is 0. The van der Waals surface area contributed by atoms with Gasteiger partial charge in [0.2, 0.25) is 0 Å². The topological polar surface area (TPSA) is 0 Å². The van der Waals surface area contributed by atoms with Gasteiger partial charge in [-0.1, -0.05) is 30.3 Å². The van der Waals surface area contributed by atoms with Crippen molar-refractivity contribution in [3.63, 3.8) is 0 Å². The van der Waals surface area contributed by atoms with E-state index in [0.717, 1.165) is 11.1 Å². The molecule has 0 amide bonds. The first-order valence-electron chi connectivity index (χ1n) is 8.28. The highest BCUT2D eigenvalue weighted by atomic mass is 14.3. The summed E-state index contributed by atoms with van der Waals surface area (Å²) in [6.07, 6.45) is -2.95. The molecule has 0 N–H and O–H groups in total. The summed E-state index contributed by atoms with van der Waals surface area (Å²) in [5.41, 5.74) is 1.59. The van der Waals surface area contributed by atoms with Crippen molar-refractivity contribution in [2.24, 2.45) is 0 Å². The average Bonchev–Trinajstić information content (AvgIpc) is 2.51. The number of hydrogen-bond acceptors (Lipinski definition) is 0. The molecule has 2 aromatic carbocycles. The molecule has 18 heavy (non-hydrogen) atoms. The lowest BCUT2D eigenvalue weighted by atomic mass is 9.76. The maximum Gasteiger partial charge on any atom is 0.132 e. The van der Waals surface area contributed by atoms with E-state index < -0.39 is 12.7 Å². The van der Waals surface area contributed by atoms with Crippen LogP contribution in [0.1, 0.15) is 42.2 Å². The van der Waals surface area contributed by atoms with Crippen LogP contribution < -0.4 is 0 Å². The molecule has 0 atom stereocenters. The SMILES string of the molecule is [2H]C1([2H])[C](c2ccccc2)CC[C+](c2ccccc2)C1([2H])[2H]. The van der Waals surface area contributed by atoms with E-state index in [0.29, 0.717) is 24.7 Å². The van der Waals surface area contributed by atoms with Crippen LogP contribution in [-0.4, -0.2) is 0 Å². The third kappa shape index (κ3) is 2.43. The van der Waals surface area contributed by atoms with Crippen LogP contribution in [0.5, 0.6) is 0 Å². The Morgan fingerprint density at radius 3 is 2.28 bits per heavy atom. The molecule has 1 saturated carbocycles. The highest BCUT2D eigenvalue weighted by Crippen LogP contribution is 2.38. The molecule has 0 bridgehead atoms. The fourth-order valence-electron chi connectivity index (χ4n) is 2.24. The molecule has 0 nitrogen and oxygen atoms in total. The lowest BCUT2D eigenvalue weighted by Crippen LogP contribution is -2.13. The van der Waals surface area contributed by atoms with E-state index in [2.05, 4.69) is 0 Å². The van der Waals surface area contributed by atoms with Gasteiger partial charge in [0, 0.05) is 42.2 Å². The van der Waals surface area contributed by atoms with E-state index in [9.17, 15) is 0 Å². The number of benzene rings is 2. The molecule has 1 radical (unpaired) electrons. The van der Waals surface area contributed by atoms with Crippen molar-refractivity contribution in [1.82, 2.24) is 0 Å². The van der Waals surface area contributed by atoms with Gasteiger partial charge >= 0.3 is 0 Å². The molecular weight excluding hydrogens is 216 g/mol. The normalized spacial score (nSPS) is 25.7. The highest BCUT2D eigenvalue weighted by molar-refractivity contribution is 5.37. The van der Waals surface area contributed by atoms with Crippen LogP contribution in [-0.2, 0) is 0 Å². The van der Waals surface area contributed by atoms with Crippen LogP contribution in [0.2, 0.25) is 0 Å². The fourth-order valence-corrected chi connectivity index (χ4v) is 2.24. The van der Waals surface area contributed by atoms with Gasteiger partial charge in [0.1, 0.15) is 5.56 Å². The monoisotopic (exact) mass is 238 g/mol. The molecule has 0 spiro atoms. The van der Waals surface area contributed by atoms with E-state index in [1.807, 2.05) is 60.7 Å². The summed E-state index contributed by atoms with van der Waals surface area (Å²) < 4.78 is 33.7. The van der Waals surface area contributed by atoms with Crippen molar-refractivity contribution in [3.8, 4) is 0 Å². The first kappa shape index (κ1) is 7.68. The largest absolute Gasteiger partial charge is 0.132 e. The molecule has 0 heterocycles. The molecule has 2 aromatic rings. The number of hydrogen-bond donors (Lipinski definition) is 0. The second kappa shape index (κ2) is 5.30. The Morgan fingerprint density at radius 1 is 0.889 bits per heavy atom. The van der Waals surface area contributed by atoms with Gasteiger partial charge in [0.25, 0.3) is 0 Å². The van der Waals surface area contributed by atoms with Crippen LogP contribution in [0.15, 0.2) is 60.7 Å². The zero-order valence-electron chi connectivity index (χ0n) is 14.2. The molecule has 3 rings (SSSR count). The summed E-state index contributed by atoms with van der Waals surface area (Å²) in [7, 11) is 0. The second-order valence-corrected chi connectivity index (χ2v) is 4.44. The second-order valence-electron chi connectivity index (χ2n) is 4.44. The van der Waals surface area contributed by atoms with Gasteiger partial charge in [-0.2, -0.15) is 0 Å². The summed E-state index contributed by atoms with van der Waals surface area (Å²) in [6, 6.07) is 18.7. The van der Waals surface area contributed by atoms with Crippen molar-refractivity contribution in [2.45, 2.75) is 25.6 Å².